The Morgan fingerprint density at radius 1 is 1.00 bits per heavy atom. The minimum absolute atomic E-state index is 0.00887. The van der Waals surface area contributed by atoms with Crippen molar-refractivity contribution in [3.05, 3.63) is 59.1 Å². The molecule has 2 aromatic carbocycles. The van der Waals surface area contributed by atoms with Gasteiger partial charge in [-0.3, -0.25) is 0 Å². The fraction of sp³-hybridized carbons (Fsp3) is 0.143. The fourth-order valence-corrected chi connectivity index (χ4v) is 2.06. The Morgan fingerprint density at radius 3 is 2.00 bits per heavy atom. The highest BCUT2D eigenvalue weighted by atomic mass is 35.5. The second-order valence-electron chi connectivity index (χ2n) is 3.78. The smallest absolute Gasteiger partial charge is 0.127 e. The minimum atomic E-state index is 0.00887. The van der Waals surface area contributed by atoms with Crippen LogP contribution < -0.4 is 10.5 Å². The highest BCUT2D eigenvalue weighted by Crippen LogP contribution is 2.26. The van der Waals surface area contributed by atoms with Gasteiger partial charge in [0.1, 0.15) is 11.5 Å². The zero-order chi connectivity index (χ0) is 13.0. The summed E-state index contributed by atoms with van der Waals surface area (Å²) in [7, 11) is 0. The van der Waals surface area contributed by atoms with Gasteiger partial charge >= 0.3 is 0 Å². The van der Waals surface area contributed by atoms with Crippen LogP contribution in [0.1, 0.15) is 10.9 Å². The first-order chi connectivity index (χ1) is 8.69. The van der Waals surface area contributed by atoms with Gasteiger partial charge in [-0.25, -0.2) is 0 Å². The van der Waals surface area contributed by atoms with E-state index in [2.05, 4.69) is 0 Å². The monoisotopic (exact) mass is 279 g/mol. The second-order valence-corrected chi connectivity index (χ2v) is 5.20. The van der Waals surface area contributed by atoms with Gasteiger partial charge in [-0.1, -0.05) is 23.7 Å². The van der Waals surface area contributed by atoms with Gasteiger partial charge in [0.15, 0.2) is 0 Å². The highest BCUT2D eigenvalue weighted by molar-refractivity contribution is 7.98. The summed E-state index contributed by atoms with van der Waals surface area (Å²) in [6.45, 7) is 0. The third-order valence-corrected chi connectivity index (χ3v) is 3.54. The predicted molar refractivity (Wildman–Crippen MR) is 78.4 cm³/mol. The van der Waals surface area contributed by atoms with Crippen LogP contribution in [0.15, 0.2) is 48.5 Å². The number of rotatable bonds is 4. The second kappa shape index (κ2) is 6.14. The first-order valence-corrected chi connectivity index (χ1v) is 7.17. The van der Waals surface area contributed by atoms with E-state index in [-0.39, 0.29) is 5.37 Å². The average molecular weight is 280 g/mol. The predicted octanol–water partition coefficient (Wildman–Crippen LogP) is 4.45. The molecule has 2 rings (SSSR count). The van der Waals surface area contributed by atoms with Crippen molar-refractivity contribution in [3.63, 3.8) is 0 Å². The summed E-state index contributed by atoms with van der Waals surface area (Å²) in [6.07, 6.45) is 1.99. The standard InChI is InChI=1S/C14H14ClNOS/c1-18-14(16)10-2-6-12(7-3-10)17-13-8-4-11(15)5-9-13/h2-9,14H,16H2,1H3. The molecule has 0 aliphatic heterocycles. The van der Waals surface area contributed by atoms with E-state index >= 15 is 0 Å². The first-order valence-electron chi connectivity index (χ1n) is 5.51. The Labute approximate surface area is 116 Å². The van der Waals surface area contributed by atoms with Crippen molar-refractivity contribution >= 4 is 23.4 Å². The number of ether oxygens (including phenoxy) is 1. The number of halogens is 1. The number of thioether (sulfide) groups is 1. The van der Waals surface area contributed by atoms with E-state index in [4.69, 9.17) is 22.1 Å². The van der Waals surface area contributed by atoms with Crippen molar-refractivity contribution < 1.29 is 4.74 Å². The molecule has 2 N–H and O–H groups in total. The Bertz CT molecular complexity index is 498. The van der Waals surface area contributed by atoms with E-state index in [1.165, 1.54) is 0 Å². The molecule has 0 aromatic heterocycles. The van der Waals surface area contributed by atoms with E-state index in [0.29, 0.717) is 5.02 Å². The minimum Gasteiger partial charge on any atom is -0.457 e. The lowest BCUT2D eigenvalue weighted by atomic mass is 10.2. The van der Waals surface area contributed by atoms with Gasteiger partial charge in [0, 0.05) is 5.02 Å². The van der Waals surface area contributed by atoms with E-state index in [9.17, 15) is 0 Å². The zero-order valence-corrected chi connectivity index (χ0v) is 11.5. The Hall–Kier alpha value is -1.16. The largest absolute Gasteiger partial charge is 0.457 e. The molecule has 2 nitrogen and oxygen atoms in total. The molecule has 94 valence electrons. The maximum atomic E-state index is 5.92. The van der Waals surface area contributed by atoms with E-state index in [1.54, 1.807) is 23.9 Å². The maximum absolute atomic E-state index is 5.92. The van der Waals surface area contributed by atoms with E-state index in [1.807, 2.05) is 42.7 Å². The summed E-state index contributed by atoms with van der Waals surface area (Å²) < 4.78 is 5.70. The lowest BCUT2D eigenvalue weighted by Crippen LogP contribution is -2.04. The SMILES string of the molecule is CSC(N)c1ccc(Oc2ccc(Cl)cc2)cc1. The molecule has 4 heteroatoms. The van der Waals surface area contributed by atoms with Gasteiger partial charge in [0.05, 0.1) is 5.37 Å². The van der Waals surface area contributed by atoms with Crippen molar-refractivity contribution in [2.24, 2.45) is 5.73 Å². The van der Waals surface area contributed by atoms with Crippen LogP contribution in [-0.2, 0) is 0 Å². The molecule has 0 amide bonds. The van der Waals surface area contributed by atoms with Gasteiger partial charge in [0.2, 0.25) is 0 Å². The third-order valence-electron chi connectivity index (χ3n) is 2.51. The topological polar surface area (TPSA) is 35.2 Å². The molecule has 2 aromatic rings. The summed E-state index contributed by atoms with van der Waals surface area (Å²) in [6, 6.07) is 15.1. The van der Waals surface area contributed by atoms with Gasteiger partial charge in [0.25, 0.3) is 0 Å². The maximum Gasteiger partial charge on any atom is 0.127 e. The summed E-state index contributed by atoms with van der Waals surface area (Å²) in [5, 5.41) is 0.707. The number of hydrogen-bond acceptors (Lipinski definition) is 3. The Balaban J connectivity index is 2.08. The summed E-state index contributed by atoms with van der Waals surface area (Å²) >= 11 is 7.43. The molecule has 1 unspecified atom stereocenters. The van der Waals surface area contributed by atoms with Crippen LogP contribution in [0.4, 0.5) is 0 Å². The molecular formula is C14H14ClNOS. The summed E-state index contributed by atoms with van der Waals surface area (Å²) in [5.41, 5.74) is 7.01. The summed E-state index contributed by atoms with van der Waals surface area (Å²) in [4.78, 5) is 0. The number of hydrogen-bond donors (Lipinski definition) is 1. The van der Waals surface area contributed by atoms with Crippen LogP contribution in [0.25, 0.3) is 0 Å². The van der Waals surface area contributed by atoms with Crippen molar-refractivity contribution in [1.82, 2.24) is 0 Å². The van der Waals surface area contributed by atoms with Crippen molar-refractivity contribution in [3.8, 4) is 11.5 Å². The Kier molecular flexibility index (Phi) is 4.53. The molecule has 0 bridgehead atoms. The molecule has 0 fully saturated rings. The molecule has 0 spiro atoms. The van der Waals surface area contributed by atoms with Gasteiger partial charge in [-0.2, -0.15) is 0 Å². The average Bonchev–Trinajstić information content (AvgIpc) is 2.41. The van der Waals surface area contributed by atoms with Gasteiger partial charge in [-0.15, -0.1) is 11.8 Å². The third kappa shape index (κ3) is 3.42. The summed E-state index contributed by atoms with van der Waals surface area (Å²) in [5.74, 6) is 1.55. The van der Waals surface area contributed by atoms with Crippen molar-refractivity contribution in [2.45, 2.75) is 5.37 Å². The van der Waals surface area contributed by atoms with Gasteiger partial charge in [-0.05, 0) is 48.2 Å². The van der Waals surface area contributed by atoms with E-state index in [0.717, 1.165) is 17.1 Å². The molecule has 18 heavy (non-hydrogen) atoms. The number of nitrogens with two attached hydrogens (primary N) is 1. The van der Waals surface area contributed by atoms with Crippen LogP contribution >= 0.6 is 23.4 Å². The van der Waals surface area contributed by atoms with Crippen molar-refractivity contribution in [1.29, 1.82) is 0 Å². The van der Waals surface area contributed by atoms with Crippen LogP contribution in [0.5, 0.6) is 11.5 Å². The van der Waals surface area contributed by atoms with Crippen molar-refractivity contribution in [2.75, 3.05) is 6.26 Å². The van der Waals surface area contributed by atoms with Crippen LogP contribution in [0.2, 0.25) is 5.02 Å². The number of benzene rings is 2. The normalized spacial score (nSPS) is 12.2. The lowest BCUT2D eigenvalue weighted by molar-refractivity contribution is 0.482. The fourth-order valence-electron chi connectivity index (χ4n) is 1.50. The molecule has 0 saturated carbocycles. The van der Waals surface area contributed by atoms with Crippen LogP contribution in [0.3, 0.4) is 0 Å². The molecule has 0 heterocycles. The lowest BCUT2D eigenvalue weighted by Gasteiger charge is -2.10. The molecular weight excluding hydrogens is 266 g/mol. The molecule has 0 aliphatic rings. The molecule has 1 atom stereocenters. The van der Waals surface area contributed by atoms with Gasteiger partial charge < -0.3 is 10.5 Å². The Morgan fingerprint density at radius 2 is 1.50 bits per heavy atom. The first kappa shape index (κ1) is 13.3. The molecule has 0 radical (unpaired) electrons. The molecule has 0 saturated heterocycles. The highest BCUT2D eigenvalue weighted by Gasteiger charge is 2.04. The van der Waals surface area contributed by atoms with Crippen LogP contribution in [0, 0.1) is 0 Å². The zero-order valence-electron chi connectivity index (χ0n) is 9.97. The quantitative estimate of drug-likeness (QED) is 0.840. The van der Waals surface area contributed by atoms with E-state index < -0.39 is 0 Å². The molecule has 0 aliphatic carbocycles. The van der Waals surface area contributed by atoms with Crippen LogP contribution in [-0.4, -0.2) is 6.26 Å².